The van der Waals surface area contributed by atoms with Crippen LogP contribution in [0.3, 0.4) is 0 Å². The van der Waals surface area contributed by atoms with Crippen molar-refractivity contribution in [3.8, 4) is 0 Å². The summed E-state index contributed by atoms with van der Waals surface area (Å²) in [5, 5.41) is 15.4. The van der Waals surface area contributed by atoms with Crippen LogP contribution in [0.4, 0.5) is 13.2 Å². The van der Waals surface area contributed by atoms with Gasteiger partial charge < -0.3 is 0 Å². The van der Waals surface area contributed by atoms with E-state index in [4.69, 9.17) is 10.4 Å². The first-order valence-electron chi connectivity index (χ1n) is 6.16. The summed E-state index contributed by atoms with van der Waals surface area (Å²) >= 11 is 0. The van der Waals surface area contributed by atoms with E-state index in [2.05, 4.69) is 0 Å². The van der Waals surface area contributed by atoms with E-state index in [0.717, 1.165) is 12.1 Å². The Hall–Kier alpha value is -1.98. The molecule has 1 aromatic rings. The molecule has 2 amide bonds. The molecule has 0 radical (unpaired) electrons. The Morgan fingerprint density at radius 3 is 2.30 bits per heavy atom. The Balaban J connectivity index is 3.15. The number of halogens is 3. The number of benzene rings is 1. The summed E-state index contributed by atoms with van der Waals surface area (Å²) in [5.74, 6) is -2.12. The number of hydrogen-bond donors (Lipinski definition) is 4. The number of alkyl halides is 3. The zero-order valence-electron chi connectivity index (χ0n) is 11.5. The number of nitrogens with one attached hydrogen (secondary N) is 2. The highest BCUT2D eigenvalue weighted by Crippen LogP contribution is 2.34. The lowest BCUT2D eigenvalue weighted by Crippen LogP contribution is -2.37. The minimum absolute atomic E-state index is 0.447. The Bertz CT molecular complexity index is 609. The van der Waals surface area contributed by atoms with Gasteiger partial charge in [0, 0.05) is 6.42 Å². The SMILES string of the molecule is O=C(CCC(C(=O)NO)S(=O)c1ccccc1C(F)(F)F)NO. The minimum atomic E-state index is -4.78. The van der Waals surface area contributed by atoms with Crippen LogP contribution >= 0.6 is 0 Å². The van der Waals surface area contributed by atoms with Gasteiger partial charge in [-0.05, 0) is 18.6 Å². The third-order valence-corrected chi connectivity index (χ3v) is 4.58. The molecule has 0 aliphatic carbocycles. The van der Waals surface area contributed by atoms with Crippen LogP contribution in [0.25, 0.3) is 0 Å². The highest BCUT2D eigenvalue weighted by molar-refractivity contribution is 7.86. The number of hydrogen-bond acceptors (Lipinski definition) is 5. The highest BCUT2D eigenvalue weighted by Gasteiger charge is 2.37. The standard InChI is InChI=1S/C12H13F3N2O5S/c13-12(14,15)7-3-1-2-4-8(7)23(22)9(11(19)17-21)5-6-10(18)16-20/h1-4,9,20-21H,5-6H2,(H,16,18)(H,17,19). The average molecular weight is 354 g/mol. The minimum Gasteiger partial charge on any atom is -0.289 e. The smallest absolute Gasteiger partial charge is 0.289 e. The average Bonchev–Trinajstić information content (AvgIpc) is 2.53. The van der Waals surface area contributed by atoms with Crippen LogP contribution in [0, 0.1) is 0 Å². The van der Waals surface area contributed by atoms with Crippen molar-refractivity contribution < 1.29 is 37.4 Å². The maximum absolute atomic E-state index is 12.9. The fraction of sp³-hybridized carbons (Fsp3) is 0.333. The Labute approximate surface area is 130 Å². The number of carbonyl (C=O) groups is 2. The summed E-state index contributed by atoms with van der Waals surface area (Å²) in [6.45, 7) is 0. The van der Waals surface area contributed by atoms with Crippen molar-refractivity contribution in [3.63, 3.8) is 0 Å². The van der Waals surface area contributed by atoms with E-state index in [1.807, 2.05) is 0 Å². The molecule has 0 aliphatic heterocycles. The lowest BCUT2D eigenvalue weighted by molar-refractivity contribution is -0.140. The molecule has 1 aromatic carbocycles. The lowest BCUT2D eigenvalue weighted by atomic mass is 10.2. The van der Waals surface area contributed by atoms with E-state index in [1.54, 1.807) is 0 Å². The Kier molecular flexibility index (Phi) is 6.66. The first-order valence-corrected chi connectivity index (χ1v) is 7.37. The molecule has 128 valence electrons. The maximum atomic E-state index is 12.9. The van der Waals surface area contributed by atoms with Crippen molar-refractivity contribution in [2.75, 3.05) is 0 Å². The molecule has 4 N–H and O–H groups in total. The lowest BCUT2D eigenvalue weighted by Gasteiger charge is -2.17. The largest absolute Gasteiger partial charge is 0.417 e. The van der Waals surface area contributed by atoms with Crippen LogP contribution in [-0.4, -0.2) is 31.7 Å². The van der Waals surface area contributed by atoms with Crippen LogP contribution in [0.1, 0.15) is 18.4 Å². The molecule has 0 aromatic heterocycles. The predicted molar refractivity (Wildman–Crippen MR) is 70.7 cm³/mol. The van der Waals surface area contributed by atoms with Gasteiger partial charge in [-0.25, -0.2) is 11.0 Å². The van der Waals surface area contributed by atoms with Gasteiger partial charge in [0.15, 0.2) is 0 Å². The third-order valence-electron chi connectivity index (χ3n) is 2.83. The first kappa shape index (κ1) is 19.1. The molecule has 2 atom stereocenters. The second-order valence-electron chi connectivity index (χ2n) is 4.33. The van der Waals surface area contributed by atoms with Gasteiger partial charge in [-0.2, -0.15) is 13.2 Å². The zero-order valence-corrected chi connectivity index (χ0v) is 12.3. The molecule has 0 saturated carbocycles. The van der Waals surface area contributed by atoms with Crippen LogP contribution in [0.5, 0.6) is 0 Å². The molecular formula is C12H13F3N2O5S. The second-order valence-corrected chi connectivity index (χ2v) is 5.93. The molecule has 0 aliphatic rings. The fourth-order valence-electron chi connectivity index (χ4n) is 1.75. The monoisotopic (exact) mass is 354 g/mol. The van der Waals surface area contributed by atoms with Crippen LogP contribution in [0.2, 0.25) is 0 Å². The summed E-state index contributed by atoms with van der Waals surface area (Å²) in [6, 6.07) is 3.98. The van der Waals surface area contributed by atoms with Crippen LogP contribution in [0.15, 0.2) is 29.2 Å². The van der Waals surface area contributed by atoms with Crippen LogP contribution < -0.4 is 11.0 Å². The molecule has 0 saturated heterocycles. The molecule has 0 heterocycles. The van der Waals surface area contributed by atoms with Gasteiger partial charge in [0.2, 0.25) is 5.91 Å². The topological polar surface area (TPSA) is 116 Å². The van der Waals surface area contributed by atoms with E-state index in [1.165, 1.54) is 17.0 Å². The quantitative estimate of drug-likeness (QED) is 0.449. The Morgan fingerprint density at radius 1 is 1.17 bits per heavy atom. The molecular weight excluding hydrogens is 341 g/mol. The number of amides is 2. The summed E-state index contributed by atoms with van der Waals surface area (Å²) < 4.78 is 51.2. The van der Waals surface area contributed by atoms with Crippen molar-refractivity contribution in [1.82, 2.24) is 11.0 Å². The van der Waals surface area contributed by atoms with Crippen molar-refractivity contribution >= 4 is 22.6 Å². The molecule has 2 unspecified atom stereocenters. The van der Waals surface area contributed by atoms with Gasteiger partial charge >= 0.3 is 6.18 Å². The van der Waals surface area contributed by atoms with Gasteiger partial charge in [0.25, 0.3) is 5.91 Å². The van der Waals surface area contributed by atoms with Gasteiger partial charge in [0.1, 0.15) is 5.25 Å². The van der Waals surface area contributed by atoms with Gasteiger partial charge in [-0.15, -0.1) is 0 Å². The molecule has 0 bridgehead atoms. The number of carbonyl (C=O) groups excluding carboxylic acids is 2. The van der Waals surface area contributed by atoms with E-state index in [0.29, 0.717) is 6.07 Å². The third kappa shape index (κ3) is 5.01. The van der Waals surface area contributed by atoms with E-state index in [9.17, 15) is 27.0 Å². The van der Waals surface area contributed by atoms with E-state index >= 15 is 0 Å². The summed E-state index contributed by atoms with van der Waals surface area (Å²) in [5.41, 5.74) is 1.31. The van der Waals surface area contributed by atoms with Gasteiger partial charge in [-0.3, -0.25) is 24.2 Å². The number of rotatable bonds is 6. The van der Waals surface area contributed by atoms with Crippen LogP contribution in [-0.2, 0) is 26.6 Å². The molecule has 1 rings (SSSR count). The van der Waals surface area contributed by atoms with E-state index < -0.39 is 57.3 Å². The van der Waals surface area contributed by atoms with Crippen molar-refractivity contribution in [3.05, 3.63) is 29.8 Å². The molecule has 7 nitrogen and oxygen atoms in total. The fourth-order valence-corrected chi connectivity index (χ4v) is 3.25. The second kappa shape index (κ2) is 8.04. The molecule has 0 spiro atoms. The first-order chi connectivity index (χ1) is 10.7. The molecule has 0 fully saturated rings. The highest BCUT2D eigenvalue weighted by atomic mass is 32.2. The van der Waals surface area contributed by atoms with Crippen molar-refractivity contribution in [2.24, 2.45) is 0 Å². The summed E-state index contributed by atoms with van der Waals surface area (Å²) in [7, 11) is -2.48. The normalized spacial score (nSPS) is 14.0. The molecule has 11 heteroatoms. The molecule has 23 heavy (non-hydrogen) atoms. The zero-order chi connectivity index (χ0) is 17.6. The van der Waals surface area contributed by atoms with Crippen molar-refractivity contribution in [1.29, 1.82) is 0 Å². The summed E-state index contributed by atoms with van der Waals surface area (Å²) in [6.07, 6.45) is -5.71. The maximum Gasteiger partial charge on any atom is 0.417 e. The van der Waals surface area contributed by atoms with E-state index in [-0.39, 0.29) is 0 Å². The van der Waals surface area contributed by atoms with Gasteiger partial charge in [0.05, 0.1) is 21.3 Å². The van der Waals surface area contributed by atoms with Gasteiger partial charge in [-0.1, -0.05) is 12.1 Å². The number of hydroxylamine groups is 2. The van der Waals surface area contributed by atoms with Crippen molar-refractivity contribution in [2.45, 2.75) is 29.2 Å². The Morgan fingerprint density at radius 2 is 1.78 bits per heavy atom. The summed E-state index contributed by atoms with van der Waals surface area (Å²) in [4.78, 5) is 21.9. The predicted octanol–water partition coefficient (Wildman–Crippen LogP) is 0.973.